The molecule has 0 bridgehead atoms. The molecule has 2 atom stereocenters. The van der Waals surface area contributed by atoms with E-state index in [1.54, 1.807) is 13.8 Å². The molecule has 0 saturated heterocycles. The van der Waals surface area contributed by atoms with Gasteiger partial charge < -0.3 is 4.74 Å². The smallest absolute Gasteiger partial charge is 0.341 e. The van der Waals surface area contributed by atoms with Crippen molar-refractivity contribution in [3.63, 3.8) is 0 Å². The van der Waals surface area contributed by atoms with Crippen LogP contribution in [-0.4, -0.2) is 34.8 Å². The molecule has 1 aromatic rings. The molecule has 1 aliphatic rings. The molecule has 0 saturated carbocycles. The number of benzene rings is 1. The standard InChI is InChI=1S/C17H18N2O4S/c1-4-23-17(21)14-13(12-8-6-5-7-9-12)15(10(2)19-22)24-16(14)18-11(3)20/h5-10,15H,4H2,1-3H3. The Morgan fingerprint density at radius 2 is 1.96 bits per heavy atom. The lowest BCUT2D eigenvalue weighted by molar-refractivity contribution is -0.137. The highest BCUT2D eigenvalue weighted by Crippen LogP contribution is 2.43. The fraction of sp³-hybridized carbons (Fsp3) is 0.353. The van der Waals surface area contributed by atoms with Crippen molar-refractivity contribution in [3.05, 3.63) is 46.4 Å². The zero-order chi connectivity index (χ0) is 17.7. The minimum Gasteiger partial charge on any atom is -0.462 e. The third-order valence-electron chi connectivity index (χ3n) is 3.43. The first kappa shape index (κ1) is 18.1. The first-order valence-electron chi connectivity index (χ1n) is 7.55. The number of carbonyl (C=O) groups excluding carboxylic acids is 2. The van der Waals surface area contributed by atoms with E-state index in [0.717, 1.165) is 5.56 Å². The van der Waals surface area contributed by atoms with Crippen LogP contribution in [0, 0.1) is 4.91 Å². The van der Waals surface area contributed by atoms with Crippen LogP contribution in [0.5, 0.6) is 0 Å². The van der Waals surface area contributed by atoms with Gasteiger partial charge in [0.05, 0.1) is 17.4 Å². The predicted molar refractivity (Wildman–Crippen MR) is 94.7 cm³/mol. The van der Waals surface area contributed by atoms with Gasteiger partial charge in [-0.1, -0.05) is 47.3 Å². The highest BCUT2D eigenvalue weighted by atomic mass is 32.2. The van der Waals surface area contributed by atoms with Crippen molar-refractivity contribution in [1.29, 1.82) is 0 Å². The lowest BCUT2D eigenvalue weighted by Crippen LogP contribution is -2.18. The normalized spacial score (nSPS) is 20.1. The average molecular weight is 346 g/mol. The van der Waals surface area contributed by atoms with Crippen molar-refractivity contribution in [2.24, 2.45) is 10.2 Å². The van der Waals surface area contributed by atoms with E-state index in [4.69, 9.17) is 4.74 Å². The number of esters is 1. The van der Waals surface area contributed by atoms with Gasteiger partial charge in [0, 0.05) is 6.92 Å². The summed E-state index contributed by atoms with van der Waals surface area (Å²) in [5.74, 6) is -0.969. The van der Waals surface area contributed by atoms with Crippen molar-refractivity contribution in [2.75, 3.05) is 6.61 Å². The van der Waals surface area contributed by atoms with Crippen LogP contribution in [0.25, 0.3) is 5.57 Å². The molecule has 2 unspecified atom stereocenters. The van der Waals surface area contributed by atoms with E-state index in [0.29, 0.717) is 5.57 Å². The fourth-order valence-corrected chi connectivity index (χ4v) is 3.79. The molecule has 1 aromatic carbocycles. The highest BCUT2D eigenvalue weighted by molar-refractivity contribution is 8.16. The minimum absolute atomic E-state index is 0.203. The van der Waals surface area contributed by atoms with Gasteiger partial charge in [0.15, 0.2) is 0 Å². The molecule has 0 fully saturated rings. The summed E-state index contributed by atoms with van der Waals surface area (Å²) >= 11 is 1.20. The van der Waals surface area contributed by atoms with Crippen LogP contribution in [0.4, 0.5) is 0 Å². The van der Waals surface area contributed by atoms with Gasteiger partial charge in [0.1, 0.15) is 11.1 Å². The fourth-order valence-electron chi connectivity index (χ4n) is 2.44. The van der Waals surface area contributed by atoms with Gasteiger partial charge >= 0.3 is 5.97 Å². The van der Waals surface area contributed by atoms with Crippen LogP contribution in [0.3, 0.4) is 0 Å². The van der Waals surface area contributed by atoms with Crippen molar-refractivity contribution < 1.29 is 14.3 Å². The van der Waals surface area contributed by atoms with Crippen molar-refractivity contribution in [1.82, 2.24) is 0 Å². The zero-order valence-corrected chi connectivity index (χ0v) is 14.5. The summed E-state index contributed by atoms with van der Waals surface area (Å²) in [6.45, 7) is 4.90. The Hall–Kier alpha value is -2.28. The van der Waals surface area contributed by atoms with Gasteiger partial charge in [-0.25, -0.2) is 9.79 Å². The Morgan fingerprint density at radius 1 is 1.29 bits per heavy atom. The number of hydrogen-bond acceptors (Lipinski definition) is 6. The second kappa shape index (κ2) is 8.01. The molecule has 0 N–H and O–H groups in total. The number of nitrogens with zero attached hydrogens (tertiary/aromatic N) is 2. The van der Waals surface area contributed by atoms with Crippen molar-refractivity contribution in [3.8, 4) is 0 Å². The van der Waals surface area contributed by atoms with E-state index in [1.165, 1.54) is 18.7 Å². The molecule has 2 rings (SSSR count). The molecule has 0 aromatic heterocycles. The van der Waals surface area contributed by atoms with E-state index in [2.05, 4.69) is 10.2 Å². The van der Waals surface area contributed by atoms with Gasteiger partial charge in [-0.05, 0) is 25.0 Å². The number of ether oxygens (including phenoxy) is 1. The number of nitroso groups, excluding NO2 is 1. The van der Waals surface area contributed by atoms with Crippen molar-refractivity contribution in [2.45, 2.75) is 32.1 Å². The summed E-state index contributed by atoms with van der Waals surface area (Å²) in [5, 5.41) is 2.98. The maximum absolute atomic E-state index is 12.5. The minimum atomic E-state index is -0.589. The monoisotopic (exact) mass is 346 g/mol. The summed E-state index contributed by atoms with van der Waals surface area (Å²) in [4.78, 5) is 39.0. The van der Waals surface area contributed by atoms with Crippen LogP contribution in [0.1, 0.15) is 26.3 Å². The van der Waals surface area contributed by atoms with Crippen LogP contribution in [0.2, 0.25) is 0 Å². The summed E-state index contributed by atoms with van der Waals surface area (Å²) in [7, 11) is 0. The lowest BCUT2D eigenvalue weighted by atomic mass is 9.94. The molecule has 1 amide bonds. The number of thioether (sulfide) groups is 1. The van der Waals surface area contributed by atoms with Crippen molar-refractivity contribution >= 4 is 34.3 Å². The molecule has 0 spiro atoms. The summed E-state index contributed by atoms with van der Waals surface area (Å²) in [5.41, 5.74) is 1.65. The average Bonchev–Trinajstić information content (AvgIpc) is 2.93. The molecule has 7 heteroatoms. The SMILES string of the molecule is CCOC(=O)C1=C(c2ccccc2)C(C(C)N=O)SC1=NC(C)=O. The van der Waals surface area contributed by atoms with Gasteiger partial charge in [-0.15, -0.1) is 0 Å². The highest BCUT2D eigenvalue weighted by Gasteiger charge is 2.40. The number of carbonyl (C=O) groups is 2. The Balaban J connectivity index is 2.69. The van der Waals surface area contributed by atoms with Gasteiger partial charge in [-0.3, -0.25) is 4.79 Å². The number of hydrogen-bond donors (Lipinski definition) is 0. The van der Waals surface area contributed by atoms with E-state index in [9.17, 15) is 14.5 Å². The molecule has 126 valence electrons. The number of aliphatic imine (C=N–C) groups is 1. The molecular weight excluding hydrogens is 328 g/mol. The third kappa shape index (κ3) is 3.79. The van der Waals surface area contributed by atoms with E-state index in [1.807, 2.05) is 30.3 Å². The Labute approximate surface area is 144 Å². The van der Waals surface area contributed by atoms with Gasteiger partial charge in [0.2, 0.25) is 5.91 Å². The van der Waals surface area contributed by atoms with Crippen LogP contribution in [0.15, 0.2) is 46.1 Å². The predicted octanol–water partition coefficient (Wildman–Crippen LogP) is 3.22. The second-order valence-corrected chi connectivity index (χ2v) is 6.33. The topological polar surface area (TPSA) is 85.2 Å². The number of amides is 1. The van der Waals surface area contributed by atoms with Crippen LogP contribution in [-0.2, 0) is 14.3 Å². The van der Waals surface area contributed by atoms with Gasteiger partial charge in [-0.2, -0.15) is 4.91 Å². The summed E-state index contributed by atoms with van der Waals surface area (Å²) < 4.78 is 5.14. The van der Waals surface area contributed by atoms with Crippen LogP contribution < -0.4 is 0 Å². The van der Waals surface area contributed by atoms with E-state index < -0.39 is 23.2 Å². The summed E-state index contributed by atoms with van der Waals surface area (Å²) in [6, 6.07) is 8.64. The first-order valence-corrected chi connectivity index (χ1v) is 8.43. The third-order valence-corrected chi connectivity index (χ3v) is 4.84. The second-order valence-electron chi connectivity index (χ2n) is 5.20. The maximum atomic E-state index is 12.5. The molecule has 6 nitrogen and oxygen atoms in total. The molecule has 24 heavy (non-hydrogen) atoms. The lowest BCUT2D eigenvalue weighted by Gasteiger charge is -2.16. The molecule has 0 radical (unpaired) electrons. The van der Waals surface area contributed by atoms with Gasteiger partial charge in [0.25, 0.3) is 0 Å². The Bertz CT molecular complexity index is 713. The first-order chi connectivity index (χ1) is 11.5. The summed E-state index contributed by atoms with van der Waals surface area (Å²) in [6.07, 6.45) is 0. The number of rotatable bonds is 5. The van der Waals surface area contributed by atoms with E-state index >= 15 is 0 Å². The molecule has 1 heterocycles. The largest absolute Gasteiger partial charge is 0.462 e. The molecule has 0 aliphatic carbocycles. The van der Waals surface area contributed by atoms with E-state index in [-0.39, 0.29) is 17.2 Å². The molecular formula is C17H18N2O4S. The Morgan fingerprint density at radius 3 is 2.50 bits per heavy atom. The molecule has 1 aliphatic heterocycles. The quantitative estimate of drug-likeness (QED) is 0.603. The zero-order valence-electron chi connectivity index (χ0n) is 13.7. The van der Waals surface area contributed by atoms with Crippen LogP contribution >= 0.6 is 11.8 Å². The maximum Gasteiger partial charge on any atom is 0.341 e. The Kier molecular flexibility index (Phi) is 6.03.